The maximum absolute atomic E-state index is 12.4. The van der Waals surface area contributed by atoms with Gasteiger partial charge in [-0.1, -0.05) is 0 Å². The second-order valence-corrected chi connectivity index (χ2v) is 7.34. The first-order chi connectivity index (χ1) is 13.7. The van der Waals surface area contributed by atoms with Crippen molar-refractivity contribution < 1.29 is 27.5 Å². The molecule has 2 aromatic rings. The zero-order valence-corrected chi connectivity index (χ0v) is 16.7. The average molecular weight is 475 g/mol. The molecule has 11 heteroatoms. The van der Waals surface area contributed by atoms with Gasteiger partial charge in [-0.25, -0.2) is 0 Å². The minimum atomic E-state index is -4.76. The highest BCUT2D eigenvalue weighted by atomic mass is 79.9. The van der Waals surface area contributed by atoms with Crippen LogP contribution in [0.4, 0.5) is 18.9 Å². The summed E-state index contributed by atoms with van der Waals surface area (Å²) < 4.78 is 41.1. The fourth-order valence-corrected chi connectivity index (χ4v) is 3.26. The van der Waals surface area contributed by atoms with Crippen molar-refractivity contribution in [1.29, 1.82) is 0 Å². The van der Waals surface area contributed by atoms with Crippen LogP contribution in [0.3, 0.4) is 0 Å². The lowest BCUT2D eigenvalue weighted by Crippen LogP contribution is -2.50. The first-order valence-electron chi connectivity index (χ1n) is 8.71. The Balaban J connectivity index is 1.44. The van der Waals surface area contributed by atoms with E-state index in [9.17, 15) is 22.8 Å². The molecule has 3 rings (SSSR count). The zero-order chi connectivity index (χ0) is 21.0. The van der Waals surface area contributed by atoms with Crippen LogP contribution in [0.1, 0.15) is 10.5 Å². The second-order valence-electron chi connectivity index (χ2n) is 6.42. The number of hydrogen-bond acceptors (Lipinski definition) is 4. The summed E-state index contributed by atoms with van der Waals surface area (Å²) in [7, 11) is 0. The summed E-state index contributed by atoms with van der Waals surface area (Å²) in [6.07, 6.45) is -3.07. The van der Waals surface area contributed by atoms with Crippen LogP contribution in [0.5, 0.6) is 5.75 Å². The fourth-order valence-electron chi connectivity index (χ4n) is 2.91. The van der Waals surface area contributed by atoms with Crippen LogP contribution in [0.2, 0.25) is 0 Å². The van der Waals surface area contributed by atoms with Gasteiger partial charge in [-0.05, 0) is 46.3 Å². The summed E-state index contributed by atoms with van der Waals surface area (Å²) in [6, 6.07) is 6.65. The number of hydrogen-bond donors (Lipinski definition) is 2. The van der Waals surface area contributed by atoms with Crippen molar-refractivity contribution in [1.82, 2.24) is 14.8 Å². The second kappa shape index (κ2) is 8.87. The van der Waals surface area contributed by atoms with E-state index in [-0.39, 0.29) is 24.1 Å². The van der Waals surface area contributed by atoms with E-state index < -0.39 is 6.36 Å². The smallest absolute Gasteiger partial charge is 0.406 e. The lowest BCUT2D eigenvalue weighted by Gasteiger charge is -2.34. The molecule has 0 unspecified atom stereocenters. The maximum atomic E-state index is 12.4. The van der Waals surface area contributed by atoms with Crippen molar-refractivity contribution in [2.45, 2.75) is 6.36 Å². The number of aromatic nitrogens is 1. The number of carbonyl (C=O) groups excluding carboxylic acids is 2. The van der Waals surface area contributed by atoms with Crippen LogP contribution in [-0.2, 0) is 4.79 Å². The van der Waals surface area contributed by atoms with Crippen LogP contribution >= 0.6 is 15.9 Å². The highest BCUT2D eigenvalue weighted by Crippen LogP contribution is 2.24. The third-order valence-electron chi connectivity index (χ3n) is 4.28. The highest BCUT2D eigenvalue weighted by Gasteiger charge is 2.31. The number of H-pyrrole nitrogens is 1. The lowest BCUT2D eigenvalue weighted by molar-refractivity contribution is -0.274. The Kier molecular flexibility index (Phi) is 6.48. The van der Waals surface area contributed by atoms with Gasteiger partial charge in [-0.15, -0.1) is 13.2 Å². The molecule has 2 amide bonds. The van der Waals surface area contributed by atoms with Gasteiger partial charge in [0, 0.05) is 42.5 Å². The quantitative estimate of drug-likeness (QED) is 0.697. The number of amides is 2. The number of nitrogens with one attached hydrogen (secondary N) is 2. The summed E-state index contributed by atoms with van der Waals surface area (Å²) in [5.74, 6) is -0.742. The van der Waals surface area contributed by atoms with Gasteiger partial charge >= 0.3 is 6.36 Å². The van der Waals surface area contributed by atoms with Crippen molar-refractivity contribution in [2.24, 2.45) is 0 Å². The van der Waals surface area contributed by atoms with E-state index in [1.54, 1.807) is 17.2 Å². The third-order valence-corrected chi connectivity index (χ3v) is 4.73. The zero-order valence-electron chi connectivity index (χ0n) is 15.1. The fraction of sp³-hybridized carbons (Fsp3) is 0.333. The van der Waals surface area contributed by atoms with Crippen LogP contribution in [0.25, 0.3) is 0 Å². The number of piperazine rings is 1. The Morgan fingerprint density at radius 2 is 1.79 bits per heavy atom. The van der Waals surface area contributed by atoms with Gasteiger partial charge in [0.15, 0.2) is 0 Å². The summed E-state index contributed by atoms with van der Waals surface area (Å²) in [4.78, 5) is 31.1. The first kappa shape index (κ1) is 21.2. The molecule has 1 aliphatic rings. The number of carbonyl (C=O) groups is 2. The molecule has 0 atom stereocenters. The van der Waals surface area contributed by atoms with E-state index in [1.165, 1.54) is 12.1 Å². The number of anilines is 1. The maximum Gasteiger partial charge on any atom is 0.573 e. The predicted octanol–water partition coefficient (Wildman–Crippen LogP) is 3.07. The number of aromatic amines is 1. The Morgan fingerprint density at radius 3 is 2.34 bits per heavy atom. The molecule has 1 aliphatic heterocycles. The summed E-state index contributed by atoms with van der Waals surface area (Å²) >= 11 is 3.29. The van der Waals surface area contributed by atoms with Crippen molar-refractivity contribution in [3.05, 3.63) is 46.7 Å². The largest absolute Gasteiger partial charge is 0.573 e. The number of nitrogens with zero attached hydrogens (tertiary/aromatic N) is 2. The van der Waals surface area contributed by atoms with Gasteiger partial charge < -0.3 is 19.9 Å². The molecule has 29 heavy (non-hydrogen) atoms. The Hall–Kier alpha value is -2.53. The highest BCUT2D eigenvalue weighted by molar-refractivity contribution is 9.10. The van der Waals surface area contributed by atoms with E-state index in [0.717, 1.165) is 16.6 Å². The number of ether oxygens (including phenoxy) is 1. The molecule has 0 bridgehead atoms. The monoisotopic (exact) mass is 474 g/mol. The lowest BCUT2D eigenvalue weighted by atomic mass is 10.2. The van der Waals surface area contributed by atoms with Crippen molar-refractivity contribution in [2.75, 3.05) is 38.0 Å². The molecule has 0 radical (unpaired) electrons. The van der Waals surface area contributed by atoms with Gasteiger partial charge in [-0.2, -0.15) is 0 Å². The topological polar surface area (TPSA) is 77.7 Å². The van der Waals surface area contributed by atoms with E-state index >= 15 is 0 Å². The Labute approximate surface area is 172 Å². The van der Waals surface area contributed by atoms with Crippen LogP contribution < -0.4 is 10.1 Å². The van der Waals surface area contributed by atoms with Crippen molar-refractivity contribution in [3.8, 4) is 5.75 Å². The third kappa shape index (κ3) is 6.23. The standard InChI is InChI=1S/C18H18BrF3N4O3/c19-12-9-15(23-10-12)17(28)26-7-5-25(6-8-26)11-16(27)24-13-1-3-14(4-2-13)29-18(20,21)22/h1-4,9-10,23H,5-8,11H2,(H,24,27). The molecule has 156 valence electrons. The van der Waals surface area contributed by atoms with E-state index in [2.05, 4.69) is 31.0 Å². The van der Waals surface area contributed by atoms with E-state index in [0.29, 0.717) is 37.6 Å². The molecule has 0 aliphatic carbocycles. The molecule has 0 saturated carbocycles. The molecule has 2 heterocycles. The Bertz CT molecular complexity index is 862. The van der Waals surface area contributed by atoms with Gasteiger partial charge in [0.1, 0.15) is 11.4 Å². The van der Waals surface area contributed by atoms with E-state index in [4.69, 9.17) is 0 Å². The number of alkyl halides is 3. The van der Waals surface area contributed by atoms with Crippen molar-refractivity contribution >= 4 is 33.4 Å². The summed E-state index contributed by atoms with van der Waals surface area (Å²) in [6.45, 7) is 2.19. The molecule has 1 fully saturated rings. The van der Waals surface area contributed by atoms with Gasteiger partial charge in [0.2, 0.25) is 5.91 Å². The summed E-state index contributed by atoms with van der Waals surface area (Å²) in [5.41, 5.74) is 0.872. The molecule has 1 aromatic heterocycles. The minimum Gasteiger partial charge on any atom is -0.406 e. The van der Waals surface area contributed by atoms with Crippen LogP contribution in [0.15, 0.2) is 41.0 Å². The molecule has 7 nitrogen and oxygen atoms in total. The molecule has 1 saturated heterocycles. The minimum absolute atomic E-state index is 0.0963. The average Bonchev–Trinajstić information content (AvgIpc) is 3.08. The summed E-state index contributed by atoms with van der Waals surface area (Å²) in [5, 5.41) is 2.63. The first-order valence-corrected chi connectivity index (χ1v) is 9.50. The Morgan fingerprint density at radius 1 is 1.14 bits per heavy atom. The van der Waals surface area contributed by atoms with Gasteiger partial charge in [0.05, 0.1) is 6.54 Å². The number of rotatable bonds is 5. The SMILES string of the molecule is O=C(CN1CCN(C(=O)c2cc(Br)c[nH]2)CC1)Nc1ccc(OC(F)(F)F)cc1. The van der Waals surface area contributed by atoms with Crippen LogP contribution in [0, 0.1) is 0 Å². The molecule has 0 spiro atoms. The number of benzene rings is 1. The normalized spacial score (nSPS) is 15.2. The predicted molar refractivity (Wildman–Crippen MR) is 103 cm³/mol. The van der Waals surface area contributed by atoms with E-state index in [1.807, 2.05) is 4.90 Å². The van der Waals surface area contributed by atoms with Gasteiger partial charge in [0.25, 0.3) is 5.91 Å². The van der Waals surface area contributed by atoms with Gasteiger partial charge in [-0.3, -0.25) is 14.5 Å². The molecule has 1 aromatic carbocycles. The number of halogens is 4. The van der Waals surface area contributed by atoms with Crippen LogP contribution in [-0.4, -0.2) is 65.7 Å². The van der Waals surface area contributed by atoms with Crippen molar-refractivity contribution in [3.63, 3.8) is 0 Å². The molecular weight excluding hydrogens is 457 g/mol. The molecular formula is C18H18BrF3N4O3. The molecule has 2 N–H and O–H groups in total.